The van der Waals surface area contributed by atoms with Crippen molar-refractivity contribution < 1.29 is 9.84 Å². The highest BCUT2D eigenvalue weighted by atomic mass is 16.5. The summed E-state index contributed by atoms with van der Waals surface area (Å²) in [6.07, 6.45) is -0.783. The van der Waals surface area contributed by atoms with Gasteiger partial charge in [0.1, 0.15) is 17.7 Å². The molecule has 0 aliphatic carbocycles. The number of H-pyrrole nitrogens is 1. The molecule has 22 heavy (non-hydrogen) atoms. The summed E-state index contributed by atoms with van der Waals surface area (Å²) in [6.45, 7) is 0. The molecule has 0 saturated heterocycles. The Bertz CT molecular complexity index is 778. The summed E-state index contributed by atoms with van der Waals surface area (Å²) in [5, 5.41) is 10.5. The minimum atomic E-state index is -0.783. The topological polar surface area (TPSA) is 61.4 Å². The van der Waals surface area contributed by atoms with Gasteiger partial charge >= 0.3 is 0 Å². The second-order valence-electron chi connectivity index (χ2n) is 5.39. The first kappa shape index (κ1) is 14.4. The Morgan fingerprint density at radius 2 is 1.86 bits per heavy atom. The van der Waals surface area contributed by atoms with Gasteiger partial charge in [-0.05, 0) is 29.8 Å². The number of rotatable bonds is 4. The fourth-order valence-corrected chi connectivity index (χ4v) is 2.38. The number of nitrogens with one attached hydrogen (secondary N) is 1. The summed E-state index contributed by atoms with van der Waals surface area (Å²) in [4.78, 5) is 9.62. The van der Waals surface area contributed by atoms with E-state index in [0.29, 0.717) is 5.82 Å². The molecular formula is C17H19N3O2. The van der Waals surface area contributed by atoms with Gasteiger partial charge in [-0.1, -0.05) is 12.1 Å². The Balaban J connectivity index is 1.92. The van der Waals surface area contributed by atoms with Crippen LogP contribution in [0, 0.1) is 0 Å². The zero-order valence-corrected chi connectivity index (χ0v) is 12.9. The van der Waals surface area contributed by atoms with Gasteiger partial charge in [-0.3, -0.25) is 0 Å². The van der Waals surface area contributed by atoms with Gasteiger partial charge in [-0.25, -0.2) is 4.98 Å². The van der Waals surface area contributed by atoms with Crippen LogP contribution < -0.4 is 9.64 Å². The minimum Gasteiger partial charge on any atom is -0.497 e. The van der Waals surface area contributed by atoms with Crippen molar-refractivity contribution >= 4 is 16.7 Å². The van der Waals surface area contributed by atoms with Gasteiger partial charge in [-0.2, -0.15) is 0 Å². The highest BCUT2D eigenvalue weighted by Gasteiger charge is 2.15. The second-order valence-corrected chi connectivity index (χ2v) is 5.39. The molecule has 3 rings (SSSR count). The highest BCUT2D eigenvalue weighted by Crippen LogP contribution is 2.25. The van der Waals surface area contributed by atoms with Crippen LogP contribution in [-0.4, -0.2) is 36.3 Å². The third-order valence-corrected chi connectivity index (χ3v) is 3.69. The van der Waals surface area contributed by atoms with E-state index < -0.39 is 6.10 Å². The molecule has 1 unspecified atom stereocenters. The molecule has 0 fully saturated rings. The lowest BCUT2D eigenvalue weighted by atomic mass is 10.1. The van der Waals surface area contributed by atoms with E-state index in [1.54, 1.807) is 7.11 Å². The van der Waals surface area contributed by atoms with Crippen molar-refractivity contribution in [3.63, 3.8) is 0 Å². The fourth-order valence-electron chi connectivity index (χ4n) is 2.38. The minimum absolute atomic E-state index is 0.529. The van der Waals surface area contributed by atoms with Crippen molar-refractivity contribution in [2.45, 2.75) is 6.10 Å². The molecule has 3 aromatic rings. The van der Waals surface area contributed by atoms with E-state index in [1.165, 1.54) is 0 Å². The molecule has 0 aliphatic heterocycles. The summed E-state index contributed by atoms with van der Waals surface area (Å²) in [6, 6.07) is 13.4. The number of anilines is 1. The largest absolute Gasteiger partial charge is 0.497 e. The molecule has 0 amide bonds. The number of aromatic nitrogens is 2. The molecule has 1 atom stereocenters. The number of aromatic amines is 1. The van der Waals surface area contributed by atoms with Gasteiger partial charge in [0.05, 0.1) is 18.1 Å². The third kappa shape index (κ3) is 2.63. The SMILES string of the molecule is COc1ccc2nc(C(O)c3ccc(N(C)C)cc3)[nH]c2c1. The lowest BCUT2D eigenvalue weighted by molar-refractivity contribution is 0.211. The van der Waals surface area contributed by atoms with Crippen LogP contribution in [0.1, 0.15) is 17.5 Å². The van der Waals surface area contributed by atoms with E-state index in [0.717, 1.165) is 28.0 Å². The Kier molecular flexibility index (Phi) is 3.73. The van der Waals surface area contributed by atoms with Crippen LogP contribution in [-0.2, 0) is 0 Å². The molecule has 1 aromatic heterocycles. The van der Waals surface area contributed by atoms with E-state index in [4.69, 9.17) is 4.74 Å². The zero-order valence-electron chi connectivity index (χ0n) is 12.9. The molecule has 114 valence electrons. The van der Waals surface area contributed by atoms with Crippen LogP contribution in [0.5, 0.6) is 5.75 Å². The van der Waals surface area contributed by atoms with E-state index in [2.05, 4.69) is 9.97 Å². The molecular weight excluding hydrogens is 278 g/mol. The van der Waals surface area contributed by atoms with Crippen LogP contribution in [0.4, 0.5) is 5.69 Å². The van der Waals surface area contributed by atoms with Gasteiger partial charge in [-0.15, -0.1) is 0 Å². The van der Waals surface area contributed by atoms with Gasteiger partial charge in [0.25, 0.3) is 0 Å². The Labute approximate surface area is 129 Å². The van der Waals surface area contributed by atoms with Gasteiger partial charge < -0.3 is 19.7 Å². The Morgan fingerprint density at radius 3 is 2.50 bits per heavy atom. The number of fused-ring (bicyclic) bond motifs is 1. The van der Waals surface area contributed by atoms with Crippen LogP contribution in [0.25, 0.3) is 11.0 Å². The summed E-state index contributed by atoms with van der Waals surface area (Å²) in [5.41, 5.74) is 3.54. The first-order valence-corrected chi connectivity index (χ1v) is 7.07. The number of imidazole rings is 1. The summed E-state index contributed by atoms with van der Waals surface area (Å²) in [5.74, 6) is 1.29. The van der Waals surface area contributed by atoms with Gasteiger partial charge in [0.2, 0.25) is 0 Å². The molecule has 5 heteroatoms. The quantitative estimate of drug-likeness (QED) is 0.777. The Hall–Kier alpha value is -2.53. The average molecular weight is 297 g/mol. The first-order chi connectivity index (χ1) is 10.6. The van der Waals surface area contributed by atoms with Crippen molar-refractivity contribution in [2.24, 2.45) is 0 Å². The van der Waals surface area contributed by atoms with Crippen LogP contribution in [0.15, 0.2) is 42.5 Å². The molecule has 2 aromatic carbocycles. The van der Waals surface area contributed by atoms with Crippen molar-refractivity contribution in [1.82, 2.24) is 9.97 Å². The normalized spacial score (nSPS) is 12.4. The number of aliphatic hydroxyl groups excluding tert-OH is 1. The maximum Gasteiger partial charge on any atom is 0.140 e. The van der Waals surface area contributed by atoms with Crippen molar-refractivity contribution in [1.29, 1.82) is 0 Å². The fraction of sp³-hybridized carbons (Fsp3) is 0.235. The van der Waals surface area contributed by atoms with E-state index in [9.17, 15) is 5.11 Å². The molecule has 0 radical (unpaired) electrons. The predicted octanol–water partition coefficient (Wildman–Crippen LogP) is 2.72. The molecule has 2 N–H and O–H groups in total. The van der Waals surface area contributed by atoms with Crippen LogP contribution in [0.2, 0.25) is 0 Å². The lowest BCUT2D eigenvalue weighted by Gasteiger charge is -2.14. The average Bonchev–Trinajstić information content (AvgIpc) is 2.97. The third-order valence-electron chi connectivity index (χ3n) is 3.69. The number of hydrogen-bond acceptors (Lipinski definition) is 4. The van der Waals surface area contributed by atoms with Crippen molar-refractivity contribution in [3.05, 3.63) is 53.9 Å². The molecule has 0 saturated carbocycles. The first-order valence-electron chi connectivity index (χ1n) is 7.07. The van der Waals surface area contributed by atoms with Gasteiger partial charge in [0.15, 0.2) is 0 Å². The number of nitrogens with zero attached hydrogens (tertiary/aromatic N) is 2. The summed E-state index contributed by atoms with van der Waals surface area (Å²) >= 11 is 0. The molecule has 0 spiro atoms. The number of ether oxygens (including phenoxy) is 1. The molecule has 0 bridgehead atoms. The van der Waals surface area contributed by atoms with E-state index in [1.807, 2.05) is 61.5 Å². The predicted molar refractivity (Wildman–Crippen MR) is 87.5 cm³/mol. The number of methoxy groups -OCH3 is 1. The summed E-state index contributed by atoms with van der Waals surface area (Å²) < 4.78 is 5.20. The lowest BCUT2D eigenvalue weighted by Crippen LogP contribution is -2.09. The van der Waals surface area contributed by atoms with Gasteiger partial charge in [0, 0.05) is 25.8 Å². The molecule has 1 heterocycles. The molecule has 5 nitrogen and oxygen atoms in total. The van der Waals surface area contributed by atoms with E-state index >= 15 is 0 Å². The molecule has 0 aliphatic rings. The zero-order chi connectivity index (χ0) is 15.7. The second kappa shape index (κ2) is 5.69. The number of hydrogen-bond donors (Lipinski definition) is 2. The van der Waals surface area contributed by atoms with Crippen molar-refractivity contribution in [3.8, 4) is 5.75 Å². The van der Waals surface area contributed by atoms with E-state index in [-0.39, 0.29) is 0 Å². The highest BCUT2D eigenvalue weighted by molar-refractivity contribution is 5.77. The monoisotopic (exact) mass is 297 g/mol. The van der Waals surface area contributed by atoms with Crippen molar-refractivity contribution in [2.75, 3.05) is 26.1 Å². The van der Waals surface area contributed by atoms with Crippen LogP contribution >= 0.6 is 0 Å². The maximum absolute atomic E-state index is 10.5. The summed E-state index contributed by atoms with van der Waals surface area (Å²) in [7, 11) is 5.59. The number of aliphatic hydroxyl groups is 1. The number of benzene rings is 2. The Morgan fingerprint density at radius 1 is 1.14 bits per heavy atom. The smallest absolute Gasteiger partial charge is 0.140 e. The van der Waals surface area contributed by atoms with Crippen LogP contribution in [0.3, 0.4) is 0 Å². The maximum atomic E-state index is 10.5. The standard InChI is InChI=1S/C17H19N3O2/c1-20(2)12-6-4-11(5-7-12)16(21)17-18-14-9-8-13(22-3)10-15(14)19-17/h4-10,16,21H,1-3H3,(H,18,19).